The maximum Gasteiger partial charge on any atom is 0.308 e. The van der Waals surface area contributed by atoms with Crippen LogP contribution in [0.15, 0.2) is 30.3 Å². The average molecular weight is 301 g/mol. The summed E-state index contributed by atoms with van der Waals surface area (Å²) in [5, 5.41) is 10.7. The first kappa shape index (κ1) is 13.3. The van der Waals surface area contributed by atoms with Crippen LogP contribution in [0, 0.1) is 5.92 Å². The summed E-state index contributed by atoms with van der Waals surface area (Å²) in [7, 11) is 0. The minimum Gasteiger partial charge on any atom is -0.481 e. The fourth-order valence-corrected chi connectivity index (χ4v) is 5.38. The van der Waals surface area contributed by atoms with Crippen LogP contribution in [-0.2, 0) is 4.79 Å². The number of hydrogen-bond donors (Lipinski definition) is 1. The van der Waals surface area contributed by atoms with E-state index in [1.54, 1.807) is 0 Å². The number of carboxylic acid groups (broad SMARTS) is 1. The summed E-state index contributed by atoms with van der Waals surface area (Å²) in [5.74, 6) is -0.781. The van der Waals surface area contributed by atoms with Crippen LogP contribution in [0.2, 0.25) is 0 Å². The van der Waals surface area contributed by atoms with E-state index >= 15 is 0 Å². The van der Waals surface area contributed by atoms with Crippen molar-refractivity contribution in [3.63, 3.8) is 0 Å². The largest absolute Gasteiger partial charge is 0.481 e. The van der Waals surface area contributed by atoms with Gasteiger partial charge in [0.1, 0.15) is 0 Å². The van der Waals surface area contributed by atoms with Crippen molar-refractivity contribution in [2.24, 2.45) is 5.92 Å². The van der Waals surface area contributed by atoms with E-state index in [-0.39, 0.29) is 12.0 Å². The summed E-state index contributed by atoms with van der Waals surface area (Å²) in [6.45, 7) is 2.24. The smallest absolute Gasteiger partial charge is 0.308 e. The zero-order valence-corrected chi connectivity index (χ0v) is 12.8. The monoisotopic (exact) mass is 301 g/mol. The van der Waals surface area contributed by atoms with Gasteiger partial charge in [-0.2, -0.15) is 0 Å². The van der Waals surface area contributed by atoms with Gasteiger partial charge in [-0.25, -0.2) is 0 Å². The van der Waals surface area contributed by atoms with Crippen molar-refractivity contribution in [3.8, 4) is 0 Å². The maximum atomic E-state index is 11.4. The Bertz CT molecular complexity index is 662. The third-order valence-corrected chi connectivity index (χ3v) is 6.50. The Kier molecular flexibility index (Phi) is 3.05. The van der Waals surface area contributed by atoms with E-state index in [4.69, 9.17) is 0 Å². The molecule has 1 N–H and O–H groups in total. The summed E-state index contributed by atoms with van der Waals surface area (Å²) >= 11 is 1.84. The van der Waals surface area contributed by atoms with Crippen molar-refractivity contribution in [1.29, 1.82) is 0 Å². The van der Waals surface area contributed by atoms with Crippen LogP contribution in [0.4, 0.5) is 0 Å². The molecule has 1 aromatic carbocycles. The molecule has 4 atom stereocenters. The molecule has 4 heteroatoms. The molecule has 3 heterocycles. The fraction of sp³-hybridized carbons (Fsp3) is 0.471. The molecule has 110 valence electrons. The normalized spacial score (nSPS) is 30.0. The molecule has 0 radical (unpaired) electrons. The number of carbonyl (C=O) groups is 1. The molecule has 0 amide bonds. The minimum atomic E-state index is -0.615. The Balaban J connectivity index is 1.65. The number of aliphatic carboxylic acids is 1. The van der Waals surface area contributed by atoms with E-state index in [1.807, 2.05) is 11.3 Å². The van der Waals surface area contributed by atoms with Crippen LogP contribution in [0.25, 0.3) is 10.1 Å². The van der Waals surface area contributed by atoms with E-state index in [1.165, 1.54) is 15.0 Å². The first-order chi connectivity index (χ1) is 10.1. The van der Waals surface area contributed by atoms with Crippen molar-refractivity contribution in [3.05, 3.63) is 35.2 Å². The second-order valence-corrected chi connectivity index (χ2v) is 7.40. The molecule has 4 unspecified atom stereocenters. The lowest BCUT2D eigenvalue weighted by Gasteiger charge is -2.29. The van der Waals surface area contributed by atoms with Gasteiger partial charge >= 0.3 is 5.97 Å². The molecule has 3 nitrogen and oxygen atoms in total. The zero-order chi connectivity index (χ0) is 14.6. The highest BCUT2D eigenvalue weighted by molar-refractivity contribution is 7.19. The van der Waals surface area contributed by atoms with Gasteiger partial charge in [-0.15, -0.1) is 11.3 Å². The first-order valence-corrected chi connectivity index (χ1v) is 8.45. The molecule has 2 aromatic rings. The standard InChI is InChI=1S/C17H19NO2S/c1-10(16-8-11-4-2-3-5-15(11)21-16)18-12-6-7-14(18)13(9-12)17(19)20/h2-5,8,10,12-14H,6-7,9H2,1H3,(H,19,20). The predicted octanol–water partition coefficient (Wildman–Crippen LogP) is 3.90. The molecule has 1 aromatic heterocycles. The van der Waals surface area contributed by atoms with Crippen LogP contribution in [-0.4, -0.2) is 28.1 Å². The Morgan fingerprint density at radius 1 is 1.38 bits per heavy atom. The molecule has 2 saturated heterocycles. The van der Waals surface area contributed by atoms with E-state index in [2.05, 4.69) is 42.2 Å². The lowest BCUT2D eigenvalue weighted by Crippen LogP contribution is -2.34. The summed E-state index contributed by atoms with van der Waals surface area (Å²) in [5.41, 5.74) is 0. The molecule has 0 saturated carbocycles. The molecule has 2 aliphatic heterocycles. The number of hydrogen-bond acceptors (Lipinski definition) is 3. The summed E-state index contributed by atoms with van der Waals surface area (Å²) < 4.78 is 1.32. The van der Waals surface area contributed by atoms with Gasteiger partial charge in [0.15, 0.2) is 0 Å². The third kappa shape index (κ3) is 2.00. The van der Waals surface area contributed by atoms with Crippen LogP contribution in [0.5, 0.6) is 0 Å². The lowest BCUT2D eigenvalue weighted by atomic mass is 9.89. The highest BCUT2D eigenvalue weighted by Gasteiger charge is 2.51. The maximum absolute atomic E-state index is 11.4. The summed E-state index contributed by atoms with van der Waals surface area (Å²) in [6, 6.07) is 11.7. The number of thiophene rings is 1. The van der Waals surface area contributed by atoms with Gasteiger partial charge < -0.3 is 5.11 Å². The average Bonchev–Trinajstić information content (AvgIpc) is 3.18. The molecular formula is C17H19NO2S. The number of carboxylic acids is 1. The van der Waals surface area contributed by atoms with Gasteiger partial charge in [-0.1, -0.05) is 18.2 Å². The minimum absolute atomic E-state index is 0.166. The van der Waals surface area contributed by atoms with Gasteiger partial charge in [0.25, 0.3) is 0 Å². The number of nitrogens with zero attached hydrogens (tertiary/aromatic N) is 1. The fourth-order valence-electron chi connectivity index (χ4n) is 4.25. The molecule has 0 spiro atoms. The van der Waals surface area contributed by atoms with E-state index in [0.717, 1.165) is 19.3 Å². The van der Waals surface area contributed by atoms with E-state index in [9.17, 15) is 9.90 Å². The van der Waals surface area contributed by atoms with Crippen LogP contribution in [0.1, 0.15) is 37.1 Å². The van der Waals surface area contributed by atoms with Crippen molar-refractivity contribution in [2.75, 3.05) is 0 Å². The Hall–Kier alpha value is -1.39. The SMILES string of the molecule is CC(c1cc2ccccc2s1)N1C2CCC1C(C(=O)O)C2. The molecule has 0 aliphatic carbocycles. The molecule has 4 rings (SSSR count). The Morgan fingerprint density at radius 3 is 2.90 bits per heavy atom. The van der Waals surface area contributed by atoms with Gasteiger partial charge in [0.2, 0.25) is 0 Å². The quantitative estimate of drug-likeness (QED) is 0.934. The van der Waals surface area contributed by atoms with E-state index < -0.39 is 5.97 Å². The van der Waals surface area contributed by atoms with Crippen LogP contribution < -0.4 is 0 Å². The molecule has 2 fully saturated rings. The van der Waals surface area contributed by atoms with Gasteiger partial charge in [-0.05, 0) is 43.7 Å². The van der Waals surface area contributed by atoms with Crippen LogP contribution >= 0.6 is 11.3 Å². The highest BCUT2D eigenvalue weighted by atomic mass is 32.1. The first-order valence-electron chi connectivity index (χ1n) is 7.64. The molecule has 21 heavy (non-hydrogen) atoms. The number of benzene rings is 1. The second-order valence-electron chi connectivity index (χ2n) is 6.29. The summed E-state index contributed by atoms with van der Waals surface area (Å²) in [4.78, 5) is 15.2. The zero-order valence-electron chi connectivity index (χ0n) is 12.0. The summed E-state index contributed by atoms with van der Waals surface area (Å²) in [6.07, 6.45) is 3.02. The van der Waals surface area contributed by atoms with Gasteiger partial charge in [0.05, 0.1) is 5.92 Å². The molecule has 2 aliphatic rings. The van der Waals surface area contributed by atoms with Gasteiger partial charge in [-0.3, -0.25) is 9.69 Å². The Labute approximate surface area is 128 Å². The lowest BCUT2D eigenvalue weighted by molar-refractivity contribution is -0.142. The van der Waals surface area contributed by atoms with Crippen molar-refractivity contribution >= 4 is 27.4 Å². The van der Waals surface area contributed by atoms with E-state index in [0.29, 0.717) is 12.1 Å². The van der Waals surface area contributed by atoms with Crippen molar-refractivity contribution < 1.29 is 9.90 Å². The second kappa shape index (κ2) is 4.82. The topological polar surface area (TPSA) is 40.5 Å². The predicted molar refractivity (Wildman–Crippen MR) is 84.6 cm³/mol. The Morgan fingerprint density at radius 2 is 2.19 bits per heavy atom. The van der Waals surface area contributed by atoms with Crippen molar-refractivity contribution in [2.45, 2.75) is 44.3 Å². The number of fused-ring (bicyclic) bond motifs is 3. The van der Waals surface area contributed by atoms with Crippen LogP contribution in [0.3, 0.4) is 0 Å². The van der Waals surface area contributed by atoms with Gasteiger partial charge in [0, 0.05) is 27.7 Å². The molecular weight excluding hydrogens is 282 g/mol. The molecule has 2 bridgehead atoms. The number of rotatable bonds is 3. The van der Waals surface area contributed by atoms with Crippen molar-refractivity contribution in [1.82, 2.24) is 4.90 Å². The third-order valence-electron chi connectivity index (χ3n) is 5.21. The highest BCUT2D eigenvalue weighted by Crippen LogP contribution is 2.47.